The summed E-state index contributed by atoms with van der Waals surface area (Å²) in [5.74, 6) is -1.80. The second-order valence-corrected chi connectivity index (χ2v) is 3.22. The first-order valence-corrected chi connectivity index (χ1v) is 4.66. The van der Waals surface area contributed by atoms with Crippen molar-refractivity contribution in [3.8, 4) is 0 Å². The van der Waals surface area contributed by atoms with E-state index in [2.05, 4.69) is 4.98 Å². The molecule has 0 aliphatic heterocycles. The SMILES string of the molecule is O=C(O)/C=C/c1cccc2nc(C(F)F)oc12. The quantitative estimate of drug-likeness (QED) is 0.836. The Morgan fingerprint density at radius 1 is 1.47 bits per heavy atom. The molecule has 2 rings (SSSR count). The number of rotatable bonds is 3. The summed E-state index contributed by atoms with van der Waals surface area (Å²) in [5, 5.41) is 8.49. The van der Waals surface area contributed by atoms with Gasteiger partial charge < -0.3 is 9.52 Å². The van der Waals surface area contributed by atoms with Gasteiger partial charge in [0.05, 0.1) is 0 Å². The number of aliphatic carboxylic acids is 1. The van der Waals surface area contributed by atoms with Gasteiger partial charge in [-0.1, -0.05) is 12.1 Å². The maximum Gasteiger partial charge on any atom is 0.328 e. The number of carboxylic acid groups (broad SMARTS) is 1. The minimum Gasteiger partial charge on any atom is -0.478 e. The first-order chi connectivity index (χ1) is 8.08. The van der Waals surface area contributed by atoms with Gasteiger partial charge in [0.25, 0.3) is 5.89 Å². The second-order valence-electron chi connectivity index (χ2n) is 3.22. The summed E-state index contributed by atoms with van der Waals surface area (Å²) >= 11 is 0. The van der Waals surface area contributed by atoms with Crippen LogP contribution >= 0.6 is 0 Å². The summed E-state index contributed by atoms with van der Waals surface area (Å²) in [4.78, 5) is 14.0. The number of para-hydroxylation sites is 1. The number of benzene rings is 1. The van der Waals surface area contributed by atoms with Crippen molar-refractivity contribution in [1.29, 1.82) is 0 Å². The Morgan fingerprint density at radius 2 is 2.24 bits per heavy atom. The van der Waals surface area contributed by atoms with Crippen LogP contribution in [0.4, 0.5) is 8.78 Å². The van der Waals surface area contributed by atoms with Crippen molar-refractivity contribution < 1.29 is 23.1 Å². The number of alkyl halides is 2. The van der Waals surface area contributed by atoms with E-state index in [1.54, 1.807) is 12.1 Å². The van der Waals surface area contributed by atoms with Crippen molar-refractivity contribution in [3.05, 3.63) is 35.7 Å². The van der Waals surface area contributed by atoms with Crippen LogP contribution in [-0.4, -0.2) is 16.1 Å². The lowest BCUT2D eigenvalue weighted by atomic mass is 10.2. The van der Waals surface area contributed by atoms with E-state index in [4.69, 9.17) is 9.52 Å². The maximum absolute atomic E-state index is 12.4. The molecule has 17 heavy (non-hydrogen) atoms. The van der Waals surface area contributed by atoms with Gasteiger partial charge in [-0.3, -0.25) is 0 Å². The van der Waals surface area contributed by atoms with Gasteiger partial charge in [0, 0.05) is 11.6 Å². The van der Waals surface area contributed by atoms with Crippen molar-refractivity contribution in [3.63, 3.8) is 0 Å². The lowest BCUT2D eigenvalue weighted by Crippen LogP contribution is -1.85. The van der Waals surface area contributed by atoms with Crippen LogP contribution in [0.2, 0.25) is 0 Å². The molecule has 1 aromatic heterocycles. The van der Waals surface area contributed by atoms with E-state index >= 15 is 0 Å². The molecular weight excluding hydrogens is 232 g/mol. The Labute approximate surface area is 94.2 Å². The molecule has 0 aliphatic rings. The van der Waals surface area contributed by atoms with Crippen LogP contribution in [0.5, 0.6) is 0 Å². The smallest absolute Gasteiger partial charge is 0.328 e. The number of halogens is 2. The van der Waals surface area contributed by atoms with E-state index in [-0.39, 0.29) is 11.1 Å². The van der Waals surface area contributed by atoms with Crippen LogP contribution in [0.1, 0.15) is 17.9 Å². The van der Waals surface area contributed by atoms with E-state index in [0.717, 1.165) is 6.08 Å². The van der Waals surface area contributed by atoms with Gasteiger partial charge >= 0.3 is 12.4 Å². The first-order valence-electron chi connectivity index (χ1n) is 4.66. The number of carboxylic acids is 1. The molecule has 2 aromatic rings. The molecule has 1 aromatic carbocycles. The van der Waals surface area contributed by atoms with E-state index in [1.807, 2.05) is 0 Å². The number of oxazole rings is 1. The Bertz CT molecular complexity index is 589. The van der Waals surface area contributed by atoms with Gasteiger partial charge in [-0.25, -0.2) is 9.78 Å². The highest BCUT2D eigenvalue weighted by Crippen LogP contribution is 2.26. The summed E-state index contributed by atoms with van der Waals surface area (Å²) in [7, 11) is 0. The highest BCUT2D eigenvalue weighted by atomic mass is 19.3. The molecule has 0 amide bonds. The third-order valence-electron chi connectivity index (χ3n) is 2.05. The second kappa shape index (κ2) is 4.32. The van der Waals surface area contributed by atoms with E-state index in [1.165, 1.54) is 12.1 Å². The summed E-state index contributed by atoms with van der Waals surface area (Å²) < 4.78 is 29.7. The van der Waals surface area contributed by atoms with Crippen molar-refractivity contribution in [2.24, 2.45) is 0 Å². The summed E-state index contributed by atoms with van der Waals surface area (Å²) in [6.45, 7) is 0. The minimum atomic E-state index is -2.79. The summed E-state index contributed by atoms with van der Waals surface area (Å²) in [6, 6.07) is 4.66. The van der Waals surface area contributed by atoms with Gasteiger partial charge in [-0.05, 0) is 12.1 Å². The van der Waals surface area contributed by atoms with Crippen LogP contribution in [0.3, 0.4) is 0 Å². The Kier molecular flexibility index (Phi) is 2.86. The highest BCUT2D eigenvalue weighted by molar-refractivity contribution is 5.90. The molecule has 0 saturated heterocycles. The summed E-state index contributed by atoms with van der Waals surface area (Å²) in [6.07, 6.45) is -0.622. The van der Waals surface area contributed by atoms with Gasteiger partial charge in [-0.15, -0.1) is 0 Å². The zero-order valence-electron chi connectivity index (χ0n) is 8.43. The van der Waals surface area contributed by atoms with Crippen molar-refractivity contribution in [1.82, 2.24) is 4.98 Å². The fraction of sp³-hybridized carbons (Fsp3) is 0.0909. The van der Waals surface area contributed by atoms with E-state index in [9.17, 15) is 13.6 Å². The molecular formula is C11H7F2NO3. The van der Waals surface area contributed by atoms with Crippen molar-refractivity contribution >= 4 is 23.1 Å². The molecule has 4 nitrogen and oxygen atoms in total. The molecule has 6 heteroatoms. The van der Waals surface area contributed by atoms with Crippen LogP contribution < -0.4 is 0 Å². The maximum atomic E-state index is 12.4. The third kappa shape index (κ3) is 2.30. The Morgan fingerprint density at radius 3 is 2.88 bits per heavy atom. The number of hydrogen-bond donors (Lipinski definition) is 1. The minimum absolute atomic E-state index is 0.153. The first kappa shape index (κ1) is 11.3. The Balaban J connectivity index is 2.53. The predicted octanol–water partition coefficient (Wildman–Crippen LogP) is 2.86. The monoisotopic (exact) mass is 239 g/mol. The molecule has 1 N–H and O–H groups in total. The van der Waals surface area contributed by atoms with Crippen LogP contribution in [-0.2, 0) is 4.79 Å². The molecule has 0 radical (unpaired) electrons. The number of carbonyl (C=O) groups is 1. The average molecular weight is 239 g/mol. The lowest BCUT2D eigenvalue weighted by Gasteiger charge is -1.92. The molecule has 0 unspecified atom stereocenters. The molecule has 0 bridgehead atoms. The van der Waals surface area contributed by atoms with Crippen molar-refractivity contribution in [2.75, 3.05) is 0 Å². The topological polar surface area (TPSA) is 63.3 Å². The molecule has 0 spiro atoms. The molecule has 1 heterocycles. The van der Waals surface area contributed by atoms with Crippen molar-refractivity contribution in [2.45, 2.75) is 6.43 Å². The van der Waals surface area contributed by atoms with Gasteiger partial charge in [-0.2, -0.15) is 8.78 Å². The van der Waals surface area contributed by atoms with Crippen LogP contribution in [0.25, 0.3) is 17.2 Å². The molecule has 88 valence electrons. The third-order valence-corrected chi connectivity index (χ3v) is 2.05. The normalized spacial score (nSPS) is 11.7. The van der Waals surface area contributed by atoms with E-state index in [0.29, 0.717) is 5.56 Å². The van der Waals surface area contributed by atoms with Crippen LogP contribution in [0, 0.1) is 0 Å². The number of hydrogen-bond acceptors (Lipinski definition) is 3. The van der Waals surface area contributed by atoms with E-state index < -0.39 is 18.3 Å². The number of nitrogens with zero attached hydrogens (tertiary/aromatic N) is 1. The number of fused-ring (bicyclic) bond motifs is 1. The molecule has 0 aliphatic carbocycles. The van der Waals surface area contributed by atoms with Crippen LogP contribution in [0.15, 0.2) is 28.7 Å². The fourth-order valence-corrected chi connectivity index (χ4v) is 1.37. The number of aromatic nitrogens is 1. The zero-order valence-corrected chi connectivity index (χ0v) is 8.43. The predicted molar refractivity (Wildman–Crippen MR) is 55.6 cm³/mol. The average Bonchev–Trinajstić information content (AvgIpc) is 2.70. The van der Waals surface area contributed by atoms with Gasteiger partial charge in [0.15, 0.2) is 5.58 Å². The molecule has 0 fully saturated rings. The fourth-order valence-electron chi connectivity index (χ4n) is 1.37. The Hall–Kier alpha value is -2.24. The lowest BCUT2D eigenvalue weighted by molar-refractivity contribution is -0.131. The zero-order chi connectivity index (χ0) is 12.4. The molecule has 0 saturated carbocycles. The standard InChI is InChI=1S/C11H7F2NO3/c12-10(13)11-14-7-3-1-2-6(9(7)17-11)4-5-8(15)16/h1-5,10H,(H,15,16)/b5-4+. The summed E-state index contributed by atoms with van der Waals surface area (Å²) in [5.41, 5.74) is 0.817. The highest BCUT2D eigenvalue weighted by Gasteiger charge is 2.16. The van der Waals surface area contributed by atoms with Gasteiger partial charge in [0.1, 0.15) is 5.52 Å². The molecule has 0 atom stereocenters. The largest absolute Gasteiger partial charge is 0.478 e. The van der Waals surface area contributed by atoms with Gasteiger partial charge in [0.2, 0.25) is 0 Å².